The Hall–Kier alpha value is -1.89. The van der Waals surface area contributed by atoms with Gasteiger partial charge in [-0.1, -0.05) is 19.0 Å². The number of nitrogens with zero attached hydrogens (tertiary/aromatic N) is 2. The maximum atomic E-state index is 11.5. The maximum Gasteiger partial charge on any atom is 0.314 e. The monoisotopic (exact) mass is 268 g/mol. The van der Waals surface area contributed by atoms with E-state index in [0.29, 0.717) is 12.3 Å². The lowest BCUT2D eigenvalue weighted by molar-refractivity contribution is -0.136. The van der Waals surface area contributed by atoms with Crippen molar-refractivity contribution in [1.82, 2.24) is 15.4 Å². The summed E-state index contributed by atoms with van der Waals surface area (Å²) in [6.45, 7) is 8.77. The van der Waals surface area contributed by atoms with Crippen LogP contribution in [-0.2, 0) is 9.59 Å². The first-order valence-corrected chi connectivity index (χ1v) is 6.31. The van der Waals surface area contributed by atoms with Gasteiger partial charge in [0.15, 0.2) is 5.82 Å². The van der Waals surface area contributed by atoms with Crippen LogP contribution in [-0.4, -0.2) is 48.0 Å². The van der Waals surface area contributed by atoms with Crippen LogP contribution in [0.2, 0.25) is 0 Å². The Morgan fingerprint density at radius 3 is 2.53 bits per heavy atom. The molecule has 1 rings (SSSR count). The molecule has 0 saturated carbocycles. The minimum absolute atomic E-state index is 0.237. The first-order chi connectivity index (χ1) is 9.06. The number of aromatic nitrogens is 1. The standard InChI is InChI=1S/C12H20N4O3/c1-4-16(5-2)7-6-13-11(17)12(18)14-10-8-9(3)19-15-10/h8H,4-7H2,1-3H3,(H,13,17)(H,14,15,18). The molecule has 0 aliphatic heterocycles. The van der Waals surface area contributed by atoms with E-state index in [2.05, 4.69) is 20.7 Å². The fourth-order valence-electron chi connectivity index (χ4n) is 1.55. The Bertz CT molecular complexity index is 426. The number of likely N-dealkylation sites (N-methyl/N-ethyl adjacent to an activating group) is 1. The third-order valence-electron chi connectivity index (χ3n) is 2.68. The molecule has 0 bridgehead atoms. The molecular weight excluding hydrogens is 248 g/mol. The normalized spacial score (nSPS) is 10.5. The number of carbonyl (C=O) groups excluding carboxylic acids is 2. The molecule has 1 aromatic heterocycles. The zero-order chi connectivity index (χ0) is 14.3. The summed E-state index contributed by atoms with van der Waals surface area (Å²) in [5.41, 5.74) is 0. The van der Waals surface area contributed by atoms with Crippen LogP contribution < -0.4 is 10.6 Å². The minimum atomic E-state index is -0.743. The van der Waals surface area contributed by atoms with Crippen molar-refractivity contribution < 1.29 is 14.1 Å². The van der Waals surface area contributed by atoms with Gasteiger partial charge in [0.25, 0.3) is 0 Å². The van der Waals surface area contributed by atoms with Crippen LogP contribution in [0.5, 0.6) is 0 Å². The molecule has 7 heteroatoms. The van der Waals surface area contributed by atoms with E-state index in [1.165, 1.54) is 0 Å². The Balaban J connectivity index is 2.31. The number of rotatable bonds is 6. The van der Waals surface area contributed by atoms with Gasteiger partial charge >= 0.3 is 11.8 Å². The Morgan fingerprint density at radius 2 is 2.00 bits per heavy atom. The summed E-state index contributed by atoms with van der Waals surface area (Å²) in [5.74, 6) is -0.612. The predicted molar refractivity (Wildman–Crippen MR) is 70.7 cm³/mol. The number of amides is 2. The van der Waals surface area contributed by atoms with Crippen LogP contribution in [0.25, 0.3) is 0 Å². The van der Waals surface area contributed by atoms with Crippen molar-refractivity contribution in [3.8, 4) is 0 Å². The summed E-state index contributed by atoms with van der Waals surface area (Å²) in [4.78, 5) is 25.2. The number of aryl methyl sites for hydroxylation is 1. The van der Waals surface area contributed by atoms with Gasteiger partial charge in [-0.15, -0.1) is 0 Å². The van der Waals surface area contributed by atoms with E-state index in [1.807, 2.05) is 13.8 Å². The van der Waals surface area contributed by atoms with Gasteiger partial charge in [0.1, 0.15) is 5.76 Å². The molecule has 0 radical (unpaired) electrons. The highest BCUT2D eigenvalue weighted by atomic mass is 16.5. The van der Waals surface area contributed by atoms with E-state index in [1.54, 1.807) is 13.0 Å². The van der Waals surface area contributed by atoms with Gasteiger partial charge in [0.2, 0.25) is 0 Å². The summed E-state index contributed by atoms with van der Waals surface area (Å²) < 4.78 is 4.78. The van der Waals surface area contributed by atoms with Gasteiger partial charge in [-0.05, 0) is 20.0 Å². The molecule has 19 heavy (non-hydrogen) atoms. The quantitative estimate of drug-likeness (QED) is 0.728. The topological polar surface area (TPSA) is 87.5 Å². The van der Waals surface area contributed by atoms with Crippen LogP contribution in [0.3, 0.4) is 0 Å². The molecule has 0 spiro atoms. The number of carbonyl (C=O) groups is 2. The average Bonchev–Trinajstić information content (AvgIpc) is 2.79. The van der Waals surface area contributed by atoms with Crippen molar-refractivity contribution in [2.45, 2.75) is 20.8 Å². The minimum Gasteiger partial charge on any atom is -0.360 e. The van der Waals surface area contributed by atoms with Crippen LogP contribution in [0.1, 0.15) is 19.6 Å². The molecular formula is C12H20N4O3. The van der Waals surface area contributed by atoms with Gasteiger partial charge < -0.3 is 14.7 Å². The Morgan fingerprint density at radius 1 is 1.32 bits per heavy atom. The van der Waals surface area contributed by atoms with Gasteiger partial charge in [0, 0.05) is 19.2 Å². The zero-order valence-electron chi connectivity index (χ0n) is 11.5. The predicted octanol–water partition coefficient (Wildman–Crippen LogP) is 0.380. The van der Waals surface area contributed by atoms with Gasteiger partial charge in [-0.2, -0.15) is 0 Å². The van der Waals surface area contributed by atoms with Crippen LogP contribution in [0, 0.1) is 6.92 Å². The van der Waals surface area contributed by atoms with Crippen LogP contribution in [0.4, 0.5) is 5.82 Å². The molecule has 2 N–H and O–H groups in total. The molecule has 1 aromatic rings. The lowest BCUT2D eigenvalue weighted by atomic mass is 10.4. The van der Waals surface area contributed by atoms with Crippen LogP contribution >= 0.6 is 0 Å². The second-order valence-electron chi connectivity index (χ2n) is 4.06. The molecule has 0 aromatic carbocycles. The van der Waals surface area contributed by atoms with E-state index in [4.69, 9.17) is 4.52 Å². The second kappa shape index (κ2) is 7.52. The molecule has 0 fully saturated rings. The largest absolute Gasteiger partial charge is 0.360 e. The Kier molecular flexibility index (Phi) is 6.01. The highest BCUT2D eigenvalue weighted by Crippen LogP contribution is 2.06. The molecule has 0 saturated heterocycles. The van der Waals surface area contributed by atoms with E-state index in [9.17, 15) is 9.59 Å². The summed E-state index contributed by atoms with van der Waals surface area (Å²) in [6.07, 6.45) is 0. The summed E-state index contributed by atoms with van der Waals surface area (Å²) >= 11 is 0. The Labute approximate surface area is 112 Å². The fraction of sp³-hybridized carbons (Fsp3) is 0.583. The summed E-state index contributed by atoms with van der Waals surface area (Å²) in [5, 5.41) is 8.49. The van der Waals surface area contributed by atoms with E-state index in [-0.39, 0.29) is 5.82 Å². The van der Waals surface area contributed by atoms with Crippen molar-refractivity contribution in [2.24, 2.45) is 0 Å². The molecule has 2 amide bonds. The number of hydrogen-bond donors (Lipinski definition) is 2. The number of anilines is 1. The maximum absolute atomic E-state index is 11.5. The third kappa shape index (κ3) is 5.09. The fourth-order valence-corrected chi connectivity index (χ4v) is 1.55. The third-order valence-corrected chi connectivity index (χ3v) is 2.68. The van der Waals surface area contributed by atoms with E-state index >= 15 is 0 Å². The highest BCUT2D eigenvalue weighted by Gasteiger charge is 2.15. The molecule has 0 atom stereocenters. The molecule has 0 aliphatic rings. The van der Waals surface area contributed by atoms with Crippen molar-refractivity contribution in [1.29, 1.82) is 0 Å². The second-order valence-corrected chi connectivity index (χ2v) is 4.06. The molecule has 106 valence electrons. The smallest absolute Gasteiger partial charge is 0.314 e. The zero-order valence-corrected chi connectivity index (χ0v) is 11.5. The first kappa shape index (κ1) is 15.2. The first-order valence-electron chi connectivity index (χ1n) is 6.31. The number of nitrogens with one attached hydrogen (secondary N) is 2. The van der Waals surface area contributed by atoms with E-state index in [0.717, 1.165) is 19.6 Å². The molecule has 7 nitrogen and oxygen atoms in total. The van der Waals surface area contributed by atoms with Gasteiger partial charge in [-0.25, -0.2) is 0 Å². The van der Waals surface area contributed by atoms with E-state index < -0.39 is 11.8 Å². The SMILES string of the molecule is CCN(CC)CCNC(=O)C(=O)Nc1cc(C)on1. The van der Waals surface area contributed by atoms with Crippen LogP contribution in [0.15, 0.2) is 10.6 Å². The average molecular weight is 268 g/mol. The van der Waals surface area contributed by atoms with Gasteiger partial charge in [-0.3, -0.25) is 14.9 Å². The summed E-state index contributed by atoms with van der Waals surface area (Å²) in [7, 11) is 0. The van der Waals surface area contributed by atoms with Crippen molar-refractivity contribution in [2.75, 3.05) is 31.5 Å². The van der Waals surface area contributed by atoms with Crippen molar-refractivity contribution in [3.63, 3.8) is 0 Å². The number of hydrogen-bond acceptors (Lipinski definition) is 5. The van der Waals surface area contributed by atoms with Crippen molar-refractivity contribution in [3.05, 3.63) is 11.8 Å². The summed E-state index contributed by atoms with van der Waals surface area (Å²) in [6, 6.07) is 1.54. The van der Waals surface area contributed by atoms with Crippen molar-refractivity contribution >= 4 is 17.6 Å². The molecule has 1 heterocycles. The highest BCUT2D eigenvalue weighted by molar-refractivity contribution is 6.39. The lowest BCUT2D eigenvalue weighted by Gasteiger charge is -2.17. The van der Waals surface area contributed by atoms with Gasteiger partial charge in [0.05, 0.1) is 0 Å². The molecule has 0 unspecified atom stereocenters. The lowest BCUT2D eigenvalue weighted by Crippen LogP contribution is -2.40. The molecule has 0 aliphatic carbocycles.